The Hall–Kier alpha value is -0.810. The highest BCUT2D eigenvalue weighted by atomic mass is 16.5. The third-order valence-electron chi connectivity index (χ3n) is 4.68. The van der Waals surface area contributed by atoms with Gasteiger partial charge in [-0.3, -0.25) is 9.89 Å². The largest absolute Gasteiger partial charge is 0.379 e. The Kier molecular flexibility index (Phi) is 6.77. The van der Waals surface area contributed by atoms with E-state index in [4.69, 9.17) is 4.74 Å². The zero-order valence-corrected chi connectivity index (χ0v) is 13.9. The fourth-order valence-corrected chi connectivity index (χ4v) is 3.35. The lowest BCUT2D eigenvalue weighted by molar-refractivity contribution is 0.00751. The lowest BCUT2D eigenvalue weighted by Gasteiger charge is -2.37. The van der Waals surface area contributed by atoms with Gasteiger partial charge in [0.25, 0.3) is 0 Å². The molecule has 1 saturated carbocycles. The van der Waals surface area contributed by atoms with Crippen molar-refractivity contribution in [2.24, 2.45) is 10.9 Å². The van der Waals surface area contributed by atoms with E-state index in [2.05, 4.69) is 34.4 Å². The van der Waals surface area contributed by atoms with Gasteiger partial charge in [-0.25, -0.2) is 0 Å². The summed E-state index contributed by atoms with van der Waals surface area (Å²) in [7, 11) is 1.86. The van der Waals surface area contributed by atoms with Crippen LogP contribution < -0.4 is 10.6 Å². The van der Waals surface area contributed by atoms with Gasteiger partial charge < -0.3 is 15.4 Å². The lowest BCUT2D eigenvalue weighted by atomic mass is 10.0. The van der Waals surface area contributed by atoms with Gasteiger partial charge in [0.1, 0.15) is 0 Å². The standard InChI is InChI=1S/C16H32N4O/c1-13(2)15(20-8-10-21-11-9-20)12-18-16(17-3)19-14-6-4-5-7-14/h13-15H,4-12H2,1-3H3,(H2,17,18,19). The van der Waals surface area contributed by atoms with Crippen molar-refractivity contribution in [2.45, 2.75) is 51.6 Å². The van der Waals surface area contributed by atoms with E-state index < -0.39 is 0 Å². The lowest BCUT2D eigenvalue weighted by Crippen LogP contribution is -2.53. The van der Waals surface area contributed by atoms with Gasteiger partial charge >= 0.3 is 0 Å². The van der Waals surface area contributed by atoms with Gasteiger partial charge in [0.05, 0.1) is 13.2 Å². The smallest absolute Gasteiger partial charge is 0.191 e. The summed E-state index contributed by atoms with van der Waals surface area (Å²) < 4.78 is 5.47. The molecule has 21 heavy (non-hydrogen) atoms. The van der Waals surface area contributed by atoms with Crippen LogP contribution >= 0.6 is 0 Å². The maximum absolute atomic E-state index is 5.47. The fourth-order valence-electron chi connectivity index (χ4n) is 3.35. The molecule has 0 radical (unpaired) electrons. The Morgan fingerprint density at radius 1 is 1.24 bits per heavy atom. The molecule has 2 aliphatic rings. The van der Waals surface area contributed by atoms with Crippen LogP contribution in [0.2, 0.25) is 0 Å². The first kappa shape index (κ1) is 16.6. The van der Waals surface area contributed by atoms with Crippen LogP contribution in [0.1, 0.15) is 39.5 Å². The van der Waals surface area contributed by atoms with Crippen LogP contribution in [0.5, 0.6) is 0 Å². The highest BCUT2D eigenvalue weighted by Crippen LogP contribution is 2.17. The SMILES string of the molecule is CN=C(NCC(C(C)C)N1CCOCC1)NC1CCCC1. The third-order valence-corrected chi connectivity index (χ3v) is 4.68. The summed E-state index contributed by atoms with van der Waals surface area (Å²) in [6.45, 7) is 9.35. The zero-order valence-electron chi connectivity index (χ0n) is 13.9. The van der Waals surface area contributed by atoms with E-state index in [1.807, 2.05) is 7.05 Å². The predicted octanol–water partition coefficient (Wildman–Crippen LogP) is 1.45. The first-order valence-corrected chi connectivity index (χ1v) is 8.49. The van der Waals surface area contributed by atoms with Crippen molar-refractivity contribution in [1.82, 2.24) is 15.5 Å². The molecule has 2 N–H and O–H groups in total. The number of morpholine rings is 1. The fraction of sp³-hybridized carbons (Fsp3) is 0.938. The molecular weight excluding hydrogens is 264 g/mol. The van der Waals surface area contributed by atoms with Crippen LogP contribution in [0.4, 0.5) is 0 Å². The molecule has 1 aliphatic carbocycles. The summed E-state index contributed by atoms with van der Waals surface area (Å²) in [5.41, 5.74) is 0. The molecular formula is C16H32N4O. The number of aliphatic imine (C=N–C) groups is 1. The van der Waals surface area contributed by atoms with Crippen molar-refractivity contribution >= 4 is 5.96 Å². The van der Waals surface area contributed by atoms with Crippen LogP contribution in [0, 0.1) is 5.92 Å². The van der Waals surface area contributed by atoms with Gasteiger partial charge in [-0.2, -0.15) is 0 Å². The Labute approximate surface area is 129 Å². The Bertz CT molecular complexity index is 320. The molecule has 0 amide bonds. The van der Waals surface area contributed by atoms with Gasteiger partial charge in [0, 0.05) is 38.8 Å². The number of nitrogens with zero attached hydrogens (tertiary/aromatic N) is 2. The first-order chi connectivity index (χ1) is 10.2. The summed E-state index contributed by atoms with van der Waals surface area (Å²) in [5, 5.41) is 7.09. The summed E-state index contributed by atoms with van der Waals surface area (Å²) in [5.74, 6) is 1.58. The van der Waals surface area contributed by atoms with Gasteiger partial charge in [-0.05, 0) is 18.8 Å². The Balaban J connectivity index is 1.81. The highest BCUT2D eigenvalue weighted by Gasteiger charge is 2.24. The van der Waals surface area contributed by atoms with Crippen molar-refractivity contribution in [1.29, 1.82) is 0 Å². The molecule has 5 nitrogen and oxygen atoms in total. The molecule has 0 aromatic carbocycles. The highest BCUT2D eigenvalue weighted by molar-refractivity contribution is 5.80. The number of rotatable bonds is 5. The summed E-state index contributed by atoms with van der Waals surface area (Å²) >= 11 is 0. The average Bonchev–Trinajstić information content (AvgIpc) is 3.00. The number of guanidine groups is 1. The second-order valence-corrected chi connectivity index (χ2v) is 6.54. The third kappa shape index (κ3) is 5.15. The maximum Gasteiger partial charge on any atom is 0.191 e. The molecule has 0 aromatic heterocycles. The number of nitrogens with one attached hydrogen (secondary N) is 2. The van der Waals surface area contributed by atoms with Gasteiger partial charge in [-0.1, -0.05) is 26.7 Å². The molecule has 0 spiro atoms. The molecule has 0 aromatic rings. The van der Waals surface area contributed by atoms with Crippen molar-refractivity contribution in [3.05, 3.63) is 0 Å². The monoisotopic (exact) mass is 296 g/mol. The van der Waals surface area contributed by atoms with Crippen LogP contribution in [0.25, 0.3) is 0 Å². The summed E-state index contributed by atoms with van der Waals surface area (Å²) in [6, 6.07) is 1.15. The second kappa shape index (κ2) is 8.59. The molecule has 2 fully saturated rings. The minimum absolute atomic E-state index is 0.538. The van der Waals surface area contributed by atoms with E-state index in [0.717, 1.165) is 38.8 Å². The molecule has 1 unspecified atom stereocenters. The molecule has 1 atom stereocenters. The van der Waals surface area contributed by atoms with Crippen LogP contribution in [-0.2, 0) is 4.74 Å². The van der Waals surface area contributed by atoms with Crippen LogP contribution in [-0.4, -0.2) is 62.8 Å². The van der Waals surface area contributed by atoms with E-state index >= 15 is 0 Å². The summed E-state index contributed by atoms with van der Waals surface area (Å²) in [6.07, 6.45) is 5.24. The number of hydrogen-bond donors (Lipinski definition) is 2. The molecule has 0 bridgehead atoms. The zero-order chi connectivity index (χ0) is 15.1. The van der Waals surface area contributed by atoms with Crippen LogP contribution in [0.3, 0.4) is 0 Å². The van der Waals surface area contributed by atoms with E-state index in [1.54, 1.807) is 0 Å². The minimum Gasteiger partial charge on any atom is -0.379 e. The molecule has 1 aliphatic heterocycles. The van der Waals surface area contributed by atoms with E-state index in [0.29, 0.717) is 18.0 Å². The van der Waals surface area contributed by atoms with Gasteiger partial charge in [-0.15, -0.1) is 0 Å². The quantitative estimate of drug-likeness (QED) is 0.595. The summed E-state index contributed by atoms with van der Waals surface area (Å²) in [4.78, 5) is 6.92. The van der Waals surface area contributed by atoms with Gasteiger partial charge in [0.15, 0.2) is 5.96 Å². The molecule has 1 saturated heterocycles. The van der Waals surface area contributed by atoms with Crippen molar-refractivity contribution in [3.63, 3.8) is 0 Å². The van der Waals surface area contributed by atoms with Crippen molar-refractivity contribution in [2.75, 3.05) is 39.9 Å². The Morgan fingerprint density at radius 3 is 2.48 bits per heavy atom. The van der Waals surface area contributed by atoms with E-state index in [1.165, 1.54) is 25.7 Å². The first-order valence-electron chi connectivity index (χ1n) is 8.49. The second-order valence-electron chi connectivity index (χ2n) is 6.54. The molecule has 122 valence electrons. The maximum atomic E-state index is 5.47. The number of hydrogen-bond acceptors (Lipinski definition) is 3. The normalized spacial score (nSPS) is 23.5. The average molecular weight is 296 g/mol. The van der Waals surface area contributed by atoms with Crippen molar-refractivity contribution in [3.8, 4) is 0 Å². The number of ether oxygens (including phenoxy) is 1. The van der Waals surface area contributed by atoms with Crippen molar-refractivity contribution < 1.29 is 4.74 Å². The topological polar surface area (TPSA) is 48.9 Å². The van der Waals surface area contributed by atoms with E-state index in [9.17, 15) is 0 Å². The van der Waals surface area contributed by atoms with Crippen LogP contribution in [0.15, 0.2) is 4.99 Å². The Morgan fingerprint density at radius 2 is 1.90 bits per heavy atom. The molecule has 5 heteroatoms. The predicted molar refractivity (Wildman–Crippen MR) is 87.8 cm³/mol. The minimum atomic E-state index is 0.538. The van der Waals surface area contributed by atoms with Gasteiger partial charge in [0.2, 0.25) is 0 Å². The molecule has 1 heterocycles. The molecule has 2 rings (SSSR count). The van der Waals surface area contributed by atoms with E-state index in [-0.39, 0.29) is 0 Å².